The average Bonchev–Trinajstić information content (AvgIpc) is 2.89. The van der Waals surface area contributed by atoms with E-state index in [-0.39, 0.29) is 11.1 Å². The third-order valence-corrected chi connectivity index (χ3v) is 7.44. The van der Waals surface area contributed by atoms with E-state index < -0.39 is 22.3 Å². The molecule has 0 fully saturated rings. The van der Waals surface area contributed by atoms with Crippen molar-refractivity contribution in [3.05, 3.63) is 11.1 Å². The third kappa shape index (κ3) is 34.7. The molecule has 0 amide bonds. The molecule has 0 radical (unpaired) electrons. The highest BCUT2D eigenvalue weighted by atomic mass is 32.3. The highest BCUT2D eigenvalue weighted by Gasteiger charge is 2.19. The molecule has 4 N–H and O–H groups in total. The van der Waals surface area contributed by atoms with Gasteiger partial charge in [-0.05, 0) is 25.7 Å². The molecule has 0 spiro atoms. The topological polar surface area (TPSA) is 149 Å². The van der Waals surface area contributed by atoms with E-state index in [1.54, 1.807) is 0 Å². The van der Waals surface area contributed by atoms with Crippen LogP contribution in [-0.4, -0.2) is 39.7 Å². The molecule has 41 heavy (non-hydrogen) atoms. The Morgan fingerprint density at radius 3 is 0.756 bits per heavy atom. The quantitative estimate of drug-likeness (QED) is 0.0390. The summed E-state index contributed by atoms with van der Waals surface area (Å²) < 4.78 is 31.6. The molecule has 0 aromatic heterocycles. The molecule has 9 heteroatoms. The van der Waals surface area contributed by atoms with Gasteiger partial charge in [0.1, 0.15) is 0 Å². The van der Waals surface area contributed by atoms with Crippen LogP contribution in [0.25, 0.3) is 0 Å². The molecule has 0 rings (SSSR count). The molecule has 0 aromatic carbocycles. The maximum absolute atomic E-state index is 11.8. The number of carbonyl (C=O) groups is 2. The van der Waals surface area contributed by atoms with Gasteiger partial charge in [0, 0.05) is 11.1 Å². The van der Waals surface area contributed by atoms with E-state index in [4.69, 9.17) is 17.5 Å². The molecule has 0 bridgehead atoms. The Balaban J connectivity index is 0. The Hall–Kier alpha value is -1.45. The predicted octanol–water partition coefficient (Wildman–Crippen LogP) is 9.98. The van der Waals surface area contributed by atoms with Gasteiger partial charge in [-0.15, -0.1) is 0 Å². The van der Waals surface area contributed by atoms with Crippen molar-refractivity contribution in [2.45, 2.75) is 181 Å². The van der Waals surface area contributed by atoms with E-state index in [9.17, 15) is 19.8 Å². The van der Waals surface area contributed by atoms with Crippen LogP contribution in [0.3, 0.4) is 0 Å². The molecule has 0 saturated heterocycles. The SMILES string of the molecule is CCCCCCCCCCCCCC/C(C(=O)O)=C(\CCCCCCCCCCCCCC)C(=O)O.O=S(=O)(O)O. The van der Waals surface area contributed by atoms with Gasteiger partial charge in [0.2, 0.25) is 0 Å². The van der Waals surface area contributed by atoms with Crippen molar-refractivity contribution in [2.75, 3.05) is 0 Å². The standard InChI is InChI=1S/C32H60O4.H2O4S/c1-3-5-7-9-11-13-15-17-19-21-23-25-27-29(31(33)34)30(32(35)36)28-26-24-22-20-18-16-14-12-10-8-6-4-2;1-5(2,3)4/h3-28H2,1-2H3,(H,33,34)(H,35,36);(H2,1,2,3,4)/b30-29-;. The molecule has 0 saturated carbocycles. The first-order chi connectivity index (χ1) is 19.5. The first-order valence-corrected chi connectivity index (χ1v) is 17.8. The zero-order valence-corrected chi connectivity index (χ0v) is 27.0. The zero-order valence-electron chi connectivity index (χ0n) is 26.2. The van der Waals surface area contributed by atoms with Gasteiger partial charge in [-0.1, -0.05) is 155 Å². The van der Waals surface area contributed by atoms with Gasteiger partial charge in [-0.2, -0.15) is 8.42 Å². The second-order valence-electron chi connectivity index (χ2n) is 11.3. The number of hydrogen-bond acceptors (Lipinski definition) is 4. The number of carboxylic acids is 2. The molecular weight excluding hydrogens is 544 g/mol. The summed E-state index contributed by atoms with van der Waals surface area (Å²) in [7, 11) is -4.67. The van der Waals surface area contributed by atoms with Crippen LogP contribution in [0.4, 0.5) is 0 Å². The van der Waals surface area contributed by atoms with E-state index in [1.165, 1.54) is 116 Å². The van der Waals surface area contributed by atoms with Crippen molar-refractivity contribution in [1.29, 1.82) is 0 Å². The van der Waals surface area contributed by atoms with E-state index in [0.717, 1.165) is 38.5 Å². The fourth-order valence-corrected chi connectivity index (χ4v) is 5.06. The van der Waals surface area contributed by atoms with Crippen LogP contribution < -0.4 is 0 Å². The fraction of sp³-hybridized carbons (Fsp3) is 0.875. The number of unbranched alkanes of at least 4 members (excludes halogenated alkanes) is 22. The van der Waals surface area contributed by atoms with Crippen molar-refractivity contribution in [3.63, 3.8) is 0 Å². The minimum absolute atomic E-state index is 0.137. The summed E-state index contributed by atoms with van der Waals surface area (Å²) in [6.45, 7) is 4.50. The van der Waals surface area contributed by atoms with Gasteiger partial charge in [0.25, 0.3) is 0 Å². The minimum Gasteiger partial charge on any atom is -0.478 e. The molecule has 8 nitrogen and oxygen atoms in total. The summed E-state index contributed by atoms with van der Waals surface area (Å²) in [6.07, 6.45) is 30.2. The van der Waals surface area contributed by atoms with Crippen LogP contribution >= 0.6 is 0 Å². The first-order valence-electron chi connectivity index (χ1n) is 16.4. The summed E-state index contributed by atoms with van der Waals surface area (Å²) in [4.78, 5) is 23.6. The Bertz CT molecular complexity index is 706. The molecule has 0 aliphatic carbocycles. The van der Waals surface area contributed by atoms with Crippen LogP contribution in [0, 0.1) is 0 Å². The molecule has 0 heterocycles. The van der Waals surface area contributed by atoms with Gasteiger partial charge >= 0.3 is 22.3 Å². The molecule has 244 valence electrons. The van der Waals surface area contributed by atoms with Crippen LogP contribution in [0.2, 0.25) is 0 Å². The summed E-state index contributed by atoms with van der Waals surface area (Å²) >= 11 is 0. The molecule has 0 aromatic rings. The number of rotatable bonds is 28. The van der Waals surface area contributed by atoms with Gasteiger partial charge in [0.15, 0.2) is 0 Å². The third-order valence-electron chi connectivity index (χ3n) is 7.44. The van der Waals surface area contributed by atoms with Crippen LogP contribution in [0.5, 0.6) is 0 Å². The largest absolute Gasteiger partial charge is 0.478 e. The van der Waals surface area contributed by atoms with Gasteiger partial charge in [-0.25, -0.2) is 9.59 Å². The van der Waals surface area contributed by atoms with E-state index in [0.29, 0.717) is 12.8 Å². The molecule has 0 unspecified atom stereocenters. The van der Waals surface area contributed by atoms with Gasteiger partial charge in [0.05, 0.1) is 0 Å². The van der Waals surface area contributed by atoms with Gasteiger partial charge < -0.3 is 10.2 Å². The zero-order chi connectivity index (χ0) is 31.2. The van der Waals surface area contributed by atoms with Crippen LogP contribution in [0.1, 0.15) is 181 Å². The maximum atomic E-state index is 11.8. The first kappa shape index (κ1) is 41.7. The van der Waals surface area contributed by atoms with Crippen molar-refractivity contribution in [1.82, 2.24) is 0 Å². The normalized spacial score (nSPS) is 12.0. The molecule has 0 aliphatic rings. The van der Waals surface area contributed by atoms with Crippen molar-refractivity contribution in [2.24, 2.45) is 0 Å². The Kier molecular flexibility index (Phi) is 30.5. The van der Waals surface area contributed by atoms with E-state index in [2.05, 4.69) is 13.8 Å². The Morgan fingerprint density at radius 2 is 0.585 bits per heavy atom. The summed E-state index contributed by atoms with van der Waals surface area (Å²) in [5.41, 5.74) is 0.273. The van der Waals surface area contributed by atoms with Crippen molar-refractivity contribution >= 4 is 22.3 Å². The molecule has 0 aliphatic heterocycles. The summed E-state index contributed by atoms with van der Waals surface area (Å²) in [6, 6.07) is 0. The lowest BCUT2D eigenvalue weighted by Gasteiger charge is -2.10. The van der Waals surface area contributed by atoms with Crippen molar-refractivity contribution < 1.29 is 37.3 Å². The summed E-state index contributed by atoms with van der Waals surface area (Å²) in [5.74, 6) is -2.09. The highest BCUT2D eigenvalue weighted by molar-refractivity contribution is 7.79. The van der Waals surface area contributed by atoms with Gasteiger partial charge in [-0.3, -0.25) is 9.11 Å². The maximum Gasteiger partial charge on any atom is 0.394 e. The predicted molar refractivity (Wildman–Crippen MR) is 168 cm³/mol. The van der Waals surface area contributed by atoms with E-state index in [1.807, 2.05) is 0 Å². The second-order valence-corrected chi connectivity index (χ2v) is 12.2. The smallest absolute Gasteiger partial charge is 0.394 e. The van der Waals surface area contributed by atoms with E-state index >= 15 is 0 Å². The lowest BCUT2D eigenvalue weighted by Crippen LogP contribution is -2.12. The average molecular weight is 607 g/mol. The lowest BCUT2D eigenvalue weighted by atomic mass is 9.96. The fourth-order valence-electron chi connectivity index (χ4n) is 5.06. The monoisotopic (exact) mass is 606 g/mol. The highest BCUT2D eigenvalue weighted by Crippen LogP contribution is 2.22. The molecular formula is C32H62O8S. The summed E-state index contributed by atoms with van der Waals surface area (Å²) in [5, 5.41) is 19.3. The second kappa shape index (κ2) is 30.0. The van der Waals surface area contributed by atoms with Crippen molar-refractivity contribution in [3.8, 4) is 0 Å². The lowest BCUT2D eigenvalue weighted by molar-refractivity contribution is -0.136. The Labute approximate surface area is 251 Å². The van der Waals surface area contributed by atoms with Crippen LogP contribution in [-0.2, 0) is 20.0 Å². The number of carboxylic acid groups (broad SMARTS) is 2. The Morgan fingerprint density at radius 1 is 0.415 bits per heavy atom. The number of aliphatic carboxylic acids is 2. The van der Waals surface area contributed by atoms with Crippen LogP contribution in [0.15, 0.2) is 11.1 Å². The minimum atomic E-state index is -4.67. The molecule has 0 atom stereocenters. The number of hydrogen-bond donors (Lipinski definition) is 4.